The Labute approximate surface area is 252 Å². The van der Waals surface area contributed by atoms with Gasteiger partial charge in [-0.3, -0.25) is 9.59 Å². The first kappa shape index (κ1) is 31.0. The second-order valence-corrected chi connectivity index (χ2v) is 11.0. The molecule has 0 radical (unpaired) electrons. The van der Waals surface area contributed by atoms with Crippen LogP contribution in [0.4, 0.5) is 28.8 Å². The first-order valence-electron chi connectivity index (χ1n) is 13.9. The Balaban J connectivity index is 1.48. The molecule has 12 heteroatoms. The number of benzene rings is 2. The van der Waals surface area contributed by atoms with E-state index in [9.17, 15) is 9.59 Å². The summed E-state index contributed by atoms with van der Waals surface area (Å²) in [6, 6.07) is 13.3. The molecule has 4 rings (SSSR count). The fourth-order valence-electron chi connectivity index (χ4n) is 4.77. The molecule has 1 aromatic heterocycles. The minimum Gasteiger partial charge on any atom is -0.494 e. The maximum absolute atomic E-state index is 12.9. The van der Waals surface area contributed by atoms with Gasteiger partial charge in [-0.2, -0.15) is 4.98 Å². The summed E-state index contributed by atoms with van der Waals surface area (Å²) >= 11 is 6.42. The van der Waals surface area contributed by atoms with Crippen LogP contribution in [0.15, 0.2) is 48.7 Å². The number of Topliss-reactive ketones (excluding diaryl/α,β-unsaturated/α-hetero) is 1. The van der Waals surface area contributed by atoms with Crippen molar-refractivity contribution in [1.29, 1.82) is 0 Å². The number of ketones is 1. The minimum atomic E-state index is -0.681. The van der Waals surface area contributed by atoms with Gasteiger partial charge in [0.15, 0.2) is 5.82 Å². The van der Waals surface area contributed by atoms with Crippen molar-refractivity contribution in [3.8, 4) is 5.75 Å². The molecule has 1 fully saturated rings. The summed E-state index contributed by atoms with van der Waals surface area (Å²) in [4.78, 5) is 40.9. The van der Waals surface area contributed by atoms with Crippen LogP contribution in [0, 0.1) is 0 Å². The number of anilines is 5. The standard InChI is InChI=1S/C30H39ClN8O3/c1-37(2)17-14-32-29(41)27(40)22-8-6-7-9-24(22)34-28-23(31)19-33-30(36-28)35-25-11-10-21(18-26(25)42-5)39-15-12-20(13-16-39)38(3)4/h6-11,18-20H,12-17H2,1-5H3,(H,32,41)(H2,33,34,35,36). The largest absolute Gasteiger partial charge is 0.494 e. The fraction of sp³-hybridized carbons (Fsp3) is 0.400. The van der Waals surface area contributed by atoms with Crippen LogP contribution in [0.1, 0.15) is 23.2 Å². The number of para-hydroxylation sites is 1. The third-order valence-corrected chi connectivity index (χ3v) is 7.49. The van der Waals surface area contributed by atoms with Crippen molar-refractivity contribution in [2.45, 2.75) is 18.9 Å². The van der Waals surface area contributed by atoms with Gasteiger partial charge in [0.1, 0.15) is 10.8 Å². The molecule has 1 aliphatic rings. The van der Waals surface area contributed by atoms with E-state index in [4.69, 9.17) is 16.3 Å². The number of halogens is 1. The Hall–Kier alpha value is -3.93. The lowest BCUT2D eigenvalue weighted by atomic mass is 10.0. The second kappa shape index (κ2) is 14.3. The quantitative estimate of drug-likeness (QED) is 0.210. The highest BCUT2D eigenvalue weighted by Crippen LogP contribution is 2.34. The van der Waals surface area contributed by atoms with E-state index in [2.05, 4.69) is 55.9 Å². The predicted molar refractivity (Wildman–Crippen MR) is 168 cm³/mol. The van der Waals surface area contributed by atoms with Crippen LogP contribution in [0.3, 0.4) is 0 Å². The van der Waals surface area contributed by atoms with Gasteiger partial charge in [-0.25, -0.2) is 4.98 Å². The number of ether oxygens (including phenoxy) is 1. The minimum absolute atomic E-state index is 0.205. The Bertz CT molecular complexity index is 1390. The number of nitrogens with one attached hydrogen (secondary N) is 3. The van der Waals surface area contributed by atoms with E-state index in [0.717, 1.165) is 31.6 Å². The van der Waals surface area contributed by atoms with Gasteiger partial charge in [0, 0.05) is 44.0 Å². The molecule has 0 spiro atoms. The molecule has 3 N–H and O–H groups in total. The normalized spacial score (nSPS) is 13.8. The van der Waals surface area contributed by atoms with Crippen LogP contribution < -0.4 is 25.6 Å². The molecule has 1 amide bonds. The van der Waals surface area contributed by atoms with E-state index in [-0.39, 0.29) is 22.4 Å². The van der Waals surface area contributed by atoms with Crippen molar-refractivity contribution in [3.05, 3.63) is 59.2 Å². The maximum atomic E-state index is 12.9. The lowest BCUT2D eigenvalue weighted by Crippen LogP contribution is -2.41. The molecule has 1 saturated heterocycles. The number of rotatable bonds is 12. The molecule has 11 nitrogen and oxygen atoms in total. The van der Waals surface area contributed by atoms with E-state index in [1.807, 2.05) is 31.1 Å². The molecule has 0 atom stereocenters. The maximum Gasteiger partial charge on any atom is 0.292 e. The summed E-state index contributed by atoms with van der Waals surface area (Å²) in [5.74, 6) is -0.116. The Morgan fingerprint density at radius 3 is 2.48 bits per heavy atom. The first-order valence-corrected chi connectivity index (χ1v) is 14.3. The molecule has 0 unspecified atom stereocenters. The van der Waals surface area contributed by atoms with E-state index >= 15 is 0 Å². The van der Waals surface area contributed by atoms with Gasteiger partial charge < -0.3 is 35.4 Å². The average Bonchev–Trinajstić information content (AvgIpc) is 2.98. The second-order valence-electron chi connectivity index (χ2n) is 10.6. The lowest BCUT2D eigenvalue weighted by Gasteiger charge is -2.36. The van der Waals surface area contributed by atoms with Gasteiger partial charge in [0.2, 0.25) is 5.95 Å². The molecular weight excluding hydrogens is 556 g/mol. The number of methoxy groups -OCH3 is 1. The van der Waals surface area contributed by atoms with Crippen LogP contribution in [-0.2, 0) is 4.79 Å². The SMILES string of the molecule is COc1cc(N2CCC(N(C)C)CC2)ccc1Nc1ncc(Cl)c(Nc2ccccc2C(=O)C(=O)NCCN(C)C)n1. The number of hydrogen-bond acceptors (Lipinski definition) is 10. The van der Waals surface area contributed by atoms with E-state index in [1.54, 1.807) is 31.4 Å². The number of hydrogen-bond donors (Lipinski definition) is 3. The Morgan fingerprint density at radius 2 is 1.79 bits per heavy atom. The third kappa shape index (κ3) is 7.87. The molecule has 0 saturated carbocycles. The summed E-state index contributed by atoms with van der Waals surface area (Å²) in [7, 11) is 9.68. The number of amides is 1. The first-order chi connectivity index (χ1) is 20.2. The van der Waals surface area contributed by atoms with Gasteiger partial charge in [-0.05, 0) is 65.3 Å². The summed E-state index contributed by atoms with van der Waals surface area (Å²) < 4.78 is 5.69. The van der Waals surface area contributed by atoms with Gasteiger partial charge in [-0.1, -0.05) is 23.7 Å². The van der Waals surface area contributed by atoms with Crippen molar-refractivity contribution < 1.29 is 14.3 Å². The van der Waals surface area contributed by atoms with Crippen molar-refractivity contribution in [2.75, 3.05) is 77.0 Å². The molecule has 42 heavy (non-hydrogen) atoms. The molecule has 0 aliphatic carbocycles. The van der Waals surface area contributed by atoms with Crippen LogP contribution in [-0.4, -0.2) is 99.0 Å². The van der Waals surface area contributed by atoms with E-state index in [1.165, 1.54) is 6.20 Å². The van der Waals surface area contributed by atoms with Crippen LogP contribution in [0.2, 0.25) is 5.02 Å². The van der Waals surface area contributed by atoms with Crippen LogP contribution in [0.25, 0.3) is 0 Å². The molecule has 2 heterocycles. The van der Waals surface area contributed by atoms with E-state index in [0.29, 0.717) is 36.3 Å². The topological polar surface area (TPSA) is 115 Å². The van der Waals surface area contributed by atoms with Crippen molar-refractivity contribution in [3.63, 3.8) is 0 Å². The number of carbonyl (C=O) groups is 2. The third-order valence-electron chi connectivity index (χ3n) is 7.21. The van der Waals surface area contributed by atoms with Gasteiger partial charge >= 0.3 is 0 Å². The lowest BCUT2D eigenvalue weighted by molar-refractivity contribution is -0.117. The zero-order valence-electron chi connectivity index (χ0n) is 24.8. The van der Waals surface area contributed by atoms with Crippen molar-refractivity contribution >= 4 is 52.1 Å². The Kier molecular flexibility index (Phi) is 10.6. The molecule has 3 aromatic rings. The zero-order valence-corrected chi connectivity index (χ0v) is 25.5. The fourth-order valence-corrected chi connectivity index (χ4v) is 4.91. The molecule has 224 valence electrons. The average molecular weight is 595 g/mol. The summed E-state index contributed by atoms with van der Waals surface area (Å²) in [6.07, 6.45) is 3.69. The van der Waals surface area contributed by atoms with Crippen molar-refractivity contribution in [1.82, 2.24) is 25.1 Å². The number of likely N-dealkylation sites (N-methyl/N-ethyl adjacent to an activating group) is 1. The Morgan fingerprint density at radius 1 is 1.05 bits per heavy atom. The highest BCUT2D eigenvalue weighted by atomic mass is 35.5. The van der Waals surface area contributed by atoms with Crippen molar-refractivity contribution in [2.24, 2.45) is 0 Å². The summed E-state index contributed by atoms with van der Waals surface area (Å²) in [5, 5.41) is 9.21. The summed E-state index contributed by atoms with van der Waals surface area (Å²) in [5.41, 5.74) is 2.40. The van der Waals surface area contributed by atoms with Gasteiger partial charge in [0.05, 0.1) is 30.2 Å². The summed E-state index contributed by atoms with van der Waals surface area (Å²) in [6.45, 7) is 2.94. The number of aromatic nitrogens is 2. The molecular formula is C30H39ClN8O3. The van der Waals surface area contributed by atoms with Crippen LogP contribution >= 0.6 is 11.6 Å². The molecule has 0 bridgehead atoms. The smallest absolute Gasteiger partial charge is 0.292 e. The predicted octanol–water partition coefficient (Wildman–Crippen LogP) is 4.02. The highest BCUT2D eigenvalue weighted by Gasteiger charge is 2.22. The van der Waals surface area contributed by atoms with Crippen LogP contribution in [0.5, 0.6) is 5.75 Å². The zero-order chi connectivity index (χ0) is 30.2. The monoisotopic (exact) mass is 594 g/mol. The number of carbonyl (C=O) groups excluding carboxylic acids is 2. The van der Waals surface area contributed by atoms with Gasteiger partial charge in [-0.15, -0.1) is 0 Å². The molecule has 2 aromatic carbocycles. The van der Waals surface area contributed by atoms with Gasteiger partial charge in [0.25, 0.3) is 11.7 Å². The number of piperidine rings is 1. The van der Waals surface area contributed by atoms with E-state index < -0.39 is 11.7 Å². The molecule has 1 aliphatic heterocycles. The number of nitrogens with zero attached hydrogens (tertiary/aromatic N) is 5. The highest BCUT2D eigenvalue weighted by molar-refractivity contribution is 6.44.